The molecule has 1 aromatic carbocycles. The second kappa shape index (κ2) is 4.89. The summed E-state index contributed by atoms with van der Waals surface area (Å²) >= 11 is 5.02. The van der Waals surface area contributed by atoms with E-state index in [-0.39, 0.29) is 17.5 Å². The molecule has 0 fully saturated rings. The standard InChI is InChI=1S/C13H10BrF2NO2S/c1-7(12-4-8(14)6-20-12)17-9-2-3-10-11(5-9)19-13(15,16)18-10/h2-7,17H,1H3. The number of nitrogens with one attached hydrogen (secondary N) is 1. The van der Waals surface area contributed by atoms with E-state index < -0.39 is 6.29 Å². The lowest BCUT2D eigenvalue weighted by Gasteiger charge is -2.13. The summed E-state index contributed by atoms with van der Waals surface area (Å²) in [5.41, 5.74) is 0.696. The molecule has 20 heavy (non-hydrogen) atoms. The molecule has 106 valence electrons. The number of anilines is 1. The van der Waals surface area contributed by atoms with Crippen LogP contribution in [0.25, 0.3) is 0 Å². The second-order valence-electron chi connectivity index (χ2n) is 4.36. The molecular formula is C13H10BrF2NO2S. The normalized spacial score (nSPS) is 17.0. The lowest BCUT2D eigenvalue weighted by molar-refractivity contribution is -0.286. The molecule has 0 spiro atoms. The number of thiophene rings is 1. The van der Waals surface area contributed by atoms with Crippen LogP contribution in [0.2, 0.25) is 0 Å². The predicted octanol–water partition coefficient (Wildman–Crippen LogP) is 5.01. The molecule has 0 bridgehead atoms. The molecule has 1 aliphatic rings. The van der Waals surface area contributed by atoms with E-state index in [2.05, 4.69) is 30.7 Å². The Morgan fingerprint density at radius 1 is 1.25 bits per heavy atom. The van der Waals surface area contributed by atoms with Crippen LogP contribution < -0.4 is 14.8 Å². The van der Waals surface area contributed by atoms with Crippen molar-refractivity contribution in [2.75, 3.05) is 5.32 Å². The molecule has 3 nitrogen and oxygen atoms in total. The quantitative estimate of drug-likeness (QED) is 0.833. The molecule has 0 amide bonds. The first-order valence-corrected chi connectivity index (χ1v) is 7.50. The van der Waals surface area contributed by atoms with Gasteiger partial charge in [-0.2, -0.15) is 0 Å². The van der Waals surface area contributed by atoms with Gasteiger partial charge in [0.1, 0.15) is 0 Å². The van der Waals surface area contributed by atoms with Crippen LogP contribution in [-0.2, 0) is 0 Å². The van der Waals surface area contributed by atoms with Crippen molar-refractivity contribution in [3.8, 4) is 11.5 Å². The molecule has 0 saturated carbocycles. The summed E-state index contributed by atoms with van der Waals surface area (Å²) in [6.45, 7) is 2.00. The Kier molecular flexibility index (Phi) is 3.33. The van der Waals surface area contributed by atoms with Crippen LogP contribution in [0.1, 0.15) is 17.8 Å². The lowest BCUT2D eigenvalue weighted by atomic mass is 10.2. The molecule has 0 saturated heterocycles. The zero-order chi connectivity index (χ0) is 14.3. The number of rotatable bonds is 3. The Morgan fingerprint density at radius 2 is 2.00 bits per heavy atom. The first-order chi connectivity index (χ1) is 9.43. The molecular weight excluding hydrogens is 352 g/mol. The van der Waals surface area contributed by atoms with Gasteiger partial charge in [-0.1, -0.05) is 0 Å². The second-order valence-corrected chi connectivity index (χ2v) is 6.22. The highest BCUT2D eigenvalue weighted by Gasteiger charge is 2.43. The number of fused-ring (bicyclic) bond motifs is 1. The van der Waals surface area contributed by atoms with Crippen molar-refractivity contribution < 1.29 is 18.3 Å². The van der Waals surface area contributed by atoms with Gasteiger partial charge in [0.25, 0.3) is 0 Å². The minimum Gasteiger partial charge on any atom is -0.395 e. The molecule has 1 N–H and O–H groups in total. The van der Waals surface area contributed by atoms with E-state index in [9.17, 15) is 8.78 Å². The van der Waals surface area contributed by atoms with Crippen LogP contribution >= 0.6 is 27.3 Å². The third-order valence-corrected chi connectivity index (χ3v) is 4.68. The van der Waals surface area contributed by atoms with Crippen molar-refractivity contribution in [1.29, 1.82) is 0 Å². The Morgan fingerprint density at radius 3 is 2.70 bits per heavy atom. The molecule has 0 radical (unpaired) electrons. The smallest absolute Gasteiger partial charge is 0.395 e. The first kappa shape index (κ1) is 13.6. The highest BCUT2D eigenvalue weighted by Crippen LogP contribution is 2.42. The Labute approximate surface area is 126 Å². The van der Waals surface area contributed by atoms with Crippen LogP contribution in [0, 0.1) is 0 Å². The molecule has 1 atom stereocenters. The van der Waals surface area contributed by atoms with E-state index in [1.165, 1.54) is 12.1 Å². The number of benzene rings is 1. The minimum absolute atomic E-state index is 0.0413. The first-order valence-electron chi connectivity index (χ1n) is 5.83. The lowest BCUT2D eigenvalue weighted by Crippen LogP contribution is -2.25. The Hall–Kier alpha value is -1.34. The molecule has 2 aromatic rings. The van der Waals surface area contributed by atoms with Gasteiger partial charge in [-0.05, 0) is 41.1 Å². The van der Waals surface area contributed by atoms with Crippen LogP contribution in [0.5, 0.6) is 11.5 Å². The van der Waals surface area contributed by atoms with Gasteiger partial charge in [-0.3, -0.25) is 0 Å². The van der Waals surface area contributed by atoms with Crippen molar-refractivity contribution in [2.24, 2.45) is 0 Å². The third-order valence-electron chi connectivity index (χ3n) is 2.80. The average Bonchev–Trinajstić information content (AvgIpc) is 2.90. The topological polar surface area (TPSA) is 30.5 Å². The minimum atomic E-state index is -3.58. The van der Waals surface area contributed by atoms with Crippen molar-refractivity contribution in [3.05, 3.63) is 39.0 Å². The number of hydrogen-bond donors (Lipinski definition) is 1. The number of alkyl halides is 2. The molecule has 2 heterocycles. The van der Waals surface area contributed by atoms with E-state index in [0.717, 1.165) is 9.35 Å². The summed E-state index contributed by atoms with van der Waals surface area (Å²) in [6, 6.07) is 6.74. The Balaban J connectivity index is 1.76. The Bertz CT molecular complexity index is 647. The average molecular weight is 362 g/mol. The van der Waals surface area contributed by atoms with Crippen molar-refractivity contribution in [2.45, 2.75) is 19.3 Å². The van der Waals surface area contributed by atoms with Crippen LogP contribution in [0.3, 0.4) is 0 Å². The van der Waals surface area contributed by atoms with Gasteiger partial charge in [0, 0.05) is 26.5 Å². The van der Waals surface area contributed by atoms with Gasteiger partial charge >= 0.3 is 6.29 Å². The monoisotopic (exact) mass is 361 g/mol. The van der Waals surface area contributed by atoms with Crippen LogP contribution in [0.15, 0.2) is 34.1 Å². The van der Waals surface area contributed by atoms with Gasteiger partial charge in [0.15, 0.2) is 11.5 Å². The number of ether oxygens (including phenoxy) is 2. The summed E-state index contributed by atoms with van der Waals surface area (Å²) in [4.78, 5) is 1.14. The number of halogens is 3. The zero-order valence-corrected chi connectivity index (χ0v) is 12.7. The SMILES string of the molecule is CC(Nc1ccc2c(c1)OC(F)(F)O2)c1cc(Br)cs1. The fourth-order valence-corrected chi connectivity index (χ4v) is 3.37. The zero-order valence-electron chi connectivity index (χ0n) is 10.3. The maximum atomic E-state index is 12.9. The van der Waals surface area contributed by atoms with E-state index in [1.54, 1.807) is 17.4 Å². The fourth-order valence-electron chi connectivity index (χ4n) is 1.92. The van der Waals surface area contributed by atoms with Crippen LogP contribution in [-0.4, -0.2) is 6.29 Å². The maximum absolute atomic E-state index is 12.9. The molecule has 1 unspecified atom stereocenters. The summed E-state index contributed by atoms with van der Waals surface area (Å²) in [6.07, 6.45) is -3.58. The molecule has 7 heteroatoms. The van der Waals surface area contributed by atoms with E-state index in [1.807, 2.05) is 18.4 Å². The predicted molar refractivity (Wildman–Crippen MR) is 76.7 cm³/mol. The van der Waals surface area contributed by atoms with E-state index in [0.29, 0.717) is 5.69 Å². The molecule has 3 rings (SSSR count). The molecule has 1 aliphatic heterocycles. The summed E-state index contributed by atoms with van der Waals surface area (Å²) in [5.74, 6) is 0.0895. The summed E-state index contributed by atoms with van der Waals surface area (Å²) < 4.78 is 35.7. The van der Waals surface area contributed by atoms with Gasteiger partial charge in [-0.25, -0.2) is 0 Å². The van der Waals surface area contributed by atoms with Crippen molar-refractivity contribution in [3.63, 3.8) is 0 Å². The van der Waals surface area contributed by atoms with E-state index >= 15 is 0 Å². The largest absolute Gasteiger partial charge is 0.586 e. The molecule has 1 aromatic heterocycles. The summed E-state index contributed by atoms with van der Waals surface area (Å²) in [7, 11) is 0. The highest BCUT2D eigenvalue weighted by atomic mass is 79.9. The van der Waals surface area contributed by atoms with Crippen LogP contribution in [0.4, 0.5) is 14.5 Å². The van der Waals surface area contributed by atoms with Gasteiger partial charge in [-0.15, -0.1) is 20.1 Å². The van der Waals surface area contributed by atoms with E-state index in [4.69, 9.17) is 0 Å². The highest BCUT2D eigenvalue weighted by molar-refractivity contribution is 9.10. The van der Waals surface area contributed by atoms with Crippen molar-refractivity contribution in [1.82, 2.24) is 0 Å². The molecule has 0 aliphatic carbocycles. The third kappa shape index (κ3) is 2.73. The number of hydrogen-bond acceptors (Lipinski definition) is 4. The van der Waals surface area contributed by atoms with Gasteiger partial charge in [0.05, 0.1) is 6.04 Å². The van der Waals surface area contributed by atoms with Crippen molar-refractivity contribution >= 4 is 33.0 Å². The summed E-state index contributed by atoms with van der Waals surface area (Å²) in [5, 5.41) is 5.23. The fraction of sp³-hybridized carbons (Fsp3) is 0.231. The van der Waals surface area contributed by atoms with Gasteiger partial charge < -0.3 is 14.8 Å². The van der Waals surface area contributed by atoms with Gasteiger partial charge in [0.2, 0.25) is 0 Å². The maximum Gasteiger partial charge on any atom is 0.586 e.